The van der Waals surface area contributed by atoms with Crippen molar-refractivity contribution in [2.45, 2.75) is 19.5 Å². The number of rotatable bonds is 7. The second kappa shape index (κ2) is 10.8. The molecule has 0 unspecified atom stereocenters. The molecule has 2 N–H and O–H groups in total. The van der Waals surface area contributed by atoms with Gasteiger partial charge >= 0.3 is 0 Å². The molecule has 0 aliphatic rings. The number of hydrogen-bond donors (Lipinski definition) is 2. The van der Waals surface area contributed by atoms with Crippen molar-refractivity contribution in [1.29, 1.82) is 0 Å². The van der Waals surface area contributed by atoms with Crippen molar-refractivity contribution in [3.8, 4) is 5.75 Å². The highest BCUT2D eigenvalue weighted by Gasteiger charge is 2.04. The van der Waals surface area contributed by atoms with Gasteiger partial charge in [-0.3, -0.25) is 4.99 Å². The molecule has 1 aromatic heterocycles. The van der Waals surface area contributed by atoms with Crippen LogP contribution in [-0.2, 0) is 13.1 Å². The van der Waals surface area contributed by atoms with Crippen molar-refractivity contribution >= 4 is 41.0 Å². The van der Waals surface area contributed by atoms with Gasteiger partial charge in [-0.15, -0.1) is 24.0 Å². The van der Waals surface area contributed by atoms with Crippen molar-refractivity contribution in [3.63, 3.8) is 0 Å². The maximum absolute atomic E-state index is 5.38. The van der Waals surface area contributed by atoms with Crippen LogP contribution >= 0.6 is 24.0 Å². The summed E-state index contributed by atoms with van der Waals surface area (Å²) in [5.41, 5.74) is 3.31. The number of ether oxygens (including phenoxy) is 1. The molecule has 0 amide bonds. The first-order valence-corrected chi connectivity index (χ1v) is 8.78. The van der Waals surface area contributed by atoms with Gasteiger partial charge in [-0.1, -0.05) is 30.3 Å². The summed E-state index contributed by atoms with van der Waals surface area (Å²) in [6.45, 7) is 2.41. The van der Waals surface area contributed by atoms with Crippen LogP contribution in [0, 0.1) is 0 Å². The van der Waals surface area contributed by atoms with Crippen LogP contribution in [0.25, 0.3) is 11.0 Å². The van der Waals surface area contributed by atoms with Crippen LogP contribution in [-0.4, -0.2) is 36.2 Å². The number of imidazole rings is 1. The molecule has 0 saturated carbocycles. The summed E-state index contributed by atoms with van der Waals surface area (Å²) in [6, 6.07) is 16.2. The number of nitrogens with one attached hydrogen (secondary N) is 2. The largest absolute Gasteiger partial charge is 0.496 e. The van der Waals surface area contributed by atoms with Gasteiger partial charge in [0.2, 0.25) is 0 Å². The molecule has 0 atom stereocenters. The molecule has 0 saturated heterocycles. The number of aliphatic imine (C=N–C) groups is 1. The van der Waals surface area contributed by atoms with Crippen molar-refractivity contribution < 1.29 is 4.74 Å². The Morgan fingerprint density at radius 2 is 1.89 bits per heavy atom. The minimum absolute atomic E-state index is 0. The Balaban J connectivity index is 0.00000261. The second-order valence-electron chi connectivity index (χ2n) is 5.94. The van der Waals surface area contributed by atoms with Gasteiger partial charge in [-0.05, 0) is 24.6 Å². The number of aromatic nitrogens is 2. The molecular formula is C20H26IN5O. The molecule has 144 valence electrons. The molecule has 0 spiro atoms. The molecule has 3 rings (SSSR count). The highest BCUT2D eigenvalue weighted by Crippen LogP contribution is 2.16. The number of halogens is 1. The zero-order chi connectivity index (χ0) is 18.2. The summed E-state index contributed by atoms with van der Waals surface area (Å²) < 4.78 is 7.56. The van der Waals surface area contributed by atoms with E-state index in [1.165, 1.54) is 5.52 Å². The quantitative estimate of drug-likeness (QED) is 0.236. The minimum atomic E-state index is 0. The summed E-state index contributed by atoms with van der Waals surface area (Å²) in [6.07, 6.45) is 2.88. The second-order valence-corrected chi connectivity index (χ2v) is 5.94. The number of guanidine groups is 1. The molecule has 0 aliphatic carbocycles. The van der Waals surface area contributed by atoms with Gasteiger partial charge in [-0.2, -0.15) is 0 Å². The Bertz CT molecular complexity index is 877. The molecule has 3 aromatic rings. The average Bonchev–Trinajstić information content (AvgIpc) is 3.11. The predicted octanol–water partition coefficient (Wildman–Crippen LogP) is 3.42. The third kappa shape index (κ3) is 5.59. The molecule has 0 radical (unpaired) electrons. The summed E-state index contributed by atoms with van der Waals surface area (Å²) >= 11 is 0. The number of methoxy groups -OCH3 is 1. The lowest BCUT2D eigenvalue weighted by molar-refractivity contribution is 0.409. The Morgan fingerprint density at radius 3 is 2.70 bits per heavy atom. The van der Waals surface area contributed by atoms with Gasteiger partial charge in [0.05, 0.1) is 24.5 Å². The third-order valence-electron chi connectivity index (χ3n) is 4.26. The zero-order valence-corrected chi connectivity index (χ0v) is 18.0. The Kier molecular flexibility index (Phi) is 8.38. The van der Waals surface area contributed by atoms with E-state index < -0.39 is 0 Å². The van der Waals surface area contributed by atoms with Crippen LogP contribution in [0.1, 0.15) is 12.0 Å². The molecule has 2 aromatic carbocycles. The molecule has 7 heteroatoms. The summed E-state index contributed by atoms with van der Waals surface area (Å²) in [7, 11) is 3.46. The maximum Gasteiger partial charge on any atom is 0.191 e. The van der Waals surface area contributed by atoms with Crippen molar-refractivity contribution in [3.05, 3.63) is 60.4 Å². The molecule has 0 bridgehead atoms. The van der Waals surface area contributed by atoms with Crippen molar-refractivity contribution in [1.82, 2.24) is 20.2 Å². The third-order valence-corrected chi connectivity index (χ3v) is 4.26. The van der Waals surface area contributed by atoms with Crippen LogP contribution in [0.4, 0.5) is 0 Å². The molecule has 27 heavy (non-hydrogen) atoms. The number of fused-ring (bicyclic) bond motifs is 1. The first kappa shape index (κ1) is 21.0. The summed E-state index contributed by atoms with van der Waals surface area (Å²) in [4.78, 5) is 8.70. The van der Waals surface area contributed by atoms with E-state index in [0.29, 0.717) is 6.54 Å². The lowest BCUT2D eigenvalue weighted by Crippen LogP contribution is -2.37. The van der Waals surface area contributed by atoms with E-state index in [1.54, 1.807) is 14.2 Å². The van der Waals surface area contributed by atoms with Gasteiger partial charge < -0.3 is 19.9 Å². The number of nitrogens with zero attached hydrogens (tertiary/aromatic N) is 3. The van der Waals surface area contributed by atoms with E-state index >= 15 is 0 Å². The van der Waals surface area contributed by atoms with Gasteiger partial charge in [0.15, 0.2) is 5.96 Å². The monoisotopic (exact) mass is 479 g/mol. The normalized spacial score (nSPS) is 11.1. The maximum atomic E-state index is 5.38. The lowest BCUT2D eigenvalue weighted by atomic mass is 10.2. The van der Waals surface area contributed by atoms with E-state index in [0.717, 1.165) is 42.3 Å². The Labute approximate surface area is 177 Å². The van der Waals surface area contributed by atoms with Crippen LogP contribution in [0.3, 0.4) is 0 Å². The van der Waals surface area contributed by atoms with Crippen LogP contribution in [0.2, 0.25) is 0 Å². The molecule has 0 fully saturated rings. The highest BCUT2D eigenvalue weighted by atomic mass is 127. The molecule has 1 heterocycles. The SMILES string of the molecule is CN=C(NCCCn1cnc2ccccc21)NCc1ccccc1OC.I. The molecule has 0 aliphatic heterocycles. The summed E-state index contributed by atoms with van der Waals surface area (Å²) in [5, 5.41) is 6.68. The minimum Gasteiger partial charge on any atom is -0.496 e. The number of hydrogen-bond acceptors (Lipinski definition) is 3. The van der Waals surface area contributed by atoms with Crippen LogP contribution in [0.5, 0.6) is 5.75 Å². The fourth-order valence-electron chi connectivity index (χ4n) is 2.89. The van der Waals surface area contributed by atoms with Gasteiger partial charge in [-0.25, -0.2) is 4.98 Å². The lowest BCUT2D eigenvalue weighted by Gasteiger charge is -2.14. The molecular weight excluding hydrogens is 453 g/mol. The predicted molar refractivity (Wildman–Crippen MR) is 121 cm³/mol. The van der Waals surface area contributed by atoms with Crippen molar-refractivity contribution in [2.75, 3.05) is 20.7 Å². The topological polar surface area (TPSA) is 63.5 Å². The van der Waals surface area contributed by atoms with E-state index in [1.807, 2.05) is 48.8 Å². The number of benzene rings is 2. The zero-order valence-electron chi connectivity index (χ0n) is 15.7. The van der Waals surface area contributed by atoms with Crippen LogP contribution < -0.4 is 15.4 Å². The van der Waals surface area contributed by atoms with E-state index in [2.05, 4.69) is 31.2 Å². The summed E-state index contributed by atoms with van der Waals surface area (Å²) in [5.74, 6) is 1.66. The van der Waals surface area contributed by atoms with Gasteiger partial charge in [0.1, 0.15) is 5.75 Å². The fraction of sp³-hybridized carbons (Fsp3) is 0.300. The van der Waals surface area contributed by atoms with Gasteiger partial charge in [0, 0.05) is 32.2 Å². The molecule has 6 nitrogen and oxygen atoms in total. The Hall–Kier alpha value is -2.29. The number of aryl methyl sites for hydroxylation is 1. The van der Waals surface area contributed by atoms with Crippen LogP contribution in [0.15, 0.2) is 59.9 Å². The Morgan fingerprint density at radius 1 is 1.11 bits per heavy atom. The number of para-hydroxylation sites is 3. The van der Waals surface area contributed by atoms with Gasteiger partial charge in [0.25, 0.3) is 0 Å². The van der Waals surface area contributed by atoms with E-state index in [-0.39, 0.29) is 24.0 Å². The van der Waals surface area contributed by atoms with E-state index in [4.69, 9.17) is 4.74 Å². The standard InChI is InChI=1S/C20H25N5O.HI/c1-21-20(23-14-16-8-3-6-11-19(16)26-2)22-12-7-13-25-15-24-17-9-4-5-10-18(17)25;/h3-6,8-11,15H,7,12-14H2,1-2H3,(H2,21,22,23);1H. The smallest absolute Gasteiger partial charge is 0.191 e. The van der Waals surface area contributed by atoms with E-state index in [9.17, 15) is 0 Å². The first-order chi connectivity index (χ1) is 12.8. The van der Waals surface area contributed by atoms with Crippen molar-refractivity contribution in [2.24, 2.45) is 4.99 Å². The first-order valence-electron chi connectivity index (χ1n) is 8.78. The fourth-order valence-corrected chi connectivity index (χ4v) is 2.89. The average molecular weight is 479 g/mol. The highest BCUT2D eigenvalue weighted by molar-refractivity contribution is 14.0.